The Hall–Kier alpha value is -0.0800. The molecule has 1 saturated carbocycles. The van der Waals surface area contributed by atoms with E-state index in [2.05, 4.69) is 25.8 Å². The van der Waals surface area contributed by atoms with Crippen molar-refractivity contribution in [1.82, 2.24) is 4.90 Å². The minimum Gasteiger partial charge on any atom is -0.329 e. The highest BCUT2D eigenvalue weighted by molar-refractivity contribution is 4.89. The molecule has 2 heteroatoms. The molecule has 2 unspecified atom stereocenters. The third kappa shape index (κ3) is 3.76. The van der Waals surface area contributed by atoms with Gasteiger partial charge >= 0.3 is 0 Å². The van der Waals surface area contributed by atoms with Gasteiger partial charge in [0, 0.05) is 18.6 Å². The van der Waals surface area contributed by atoms with Crippen molar-refractivity contribution in [3.05, 3.63) is 0 Å². The minimum atomic E-state index is 0.645. The molecular formula is C13H28N2. The molecule has 0 heterocycles. The molecule has 2 atom stereocenters. The average molecular weight is 212 g/mol. The lowest BCUT2D eigenvalue weighted by molar-refractivity contribution is 0.145. The van der Waals surface area contributed by atoms with E-state index in [1.807, 2.05) is 0 Å². The summed E-state index contributed by atoms with van der Waals surface area (Å²) in [5.41, 5.74) is 5.89. The summed E-state index contributed by atoms with van der Waals surface area (Å²) in [6.07, 6.45) is 8.06. The Kier molecular flexibility index (Phi) is 5.62. The highest BCUT2D eigenvalue weighted by Crippen LogP contribution is 2.35. The van der Waals surface area contributed by atoms with E-state index in [0.29, 0.717) is 6.04 Å². The molecule has 1 aliphatic carbocycles. The molecule has 1 fully saturated rings. The van der Waals surface area contributed by atoms with E-state index in [1.54, 1.807) is 0 Å². The first-order valence-electron chi connectivity index (χ1n) is 6.66. The summed E-state index contributed by atoms with van der Waals surface area (Å²) in [6.45, 7) is 5.41. The molecule has 2 N–H and O–H groups in total. The number of likely N-dealkylation sites (N-methyl/N-ethyl adjacent to an activating group) is 1. The Morgan fingerprint density at radius 2 is 2.00 bits per heavy atom. The largest absolute Gasteiger partial charge is 0.329 e. The molecule has 2 nitrogen and oxygen atoms in total. The monoisotopic (exact) mass is 212 g/mol. The summed E-state index contributed by atoms with van der Waals surface area (Å²) in [7, 11) is 2.28. The second-order valence-corrected chi connectivity index (χ2v) is 5.01. The summed E-state index contributed by atoms with van der Waals surface area (Å²) in [5, 5.41) is 0. The highest BCUT2D eigenvalue weighted by atomic mass is 15.2. The van der Waals surface area contributed by atoms with Gasteiger partial charge in [-0.15, -0.1) is 0 Å². The zero-order valence-electron chi connectivity index (χ0n) is 10.7. The lowest BCUT2D eigenvalue weighted by atomic mass is 10.0. The average Bonchev–Trinajstić information content (AvgIpc) is 3.04. The van der Waals surface area contributed by atoms with E-state index >= 15 is 0 Å². The fourth-order valence-corrected chi connectivity index (χ4v) is 2.58. The number of hydrogen-bond acceptors (Lipinski definition) is 2. The van der Waals surface area contributed by atoms with Crippen molar-refractivity contribution in [2.45, 2.75) is 64.5 Å². The van der Waals surface area contributed by atoms with Gasteiger partial charge in [-0.2, -0.15) is 0 Å². The van der Waals surface area contributed by atoms with Crippen LogP contribution in [0.5, 0.6) is 0 Å². The Balaban J connectivity index is 2.41. The van der Waals surface area contributed by atoms with E-state index < -0.39 is 0 Å². The molecule has 0 aliphatic heterocycles. The van der Waals surface area contributed by atoms with Crippen LogP contribution in [-0.4, -0.2) is 30.6 Å². The smallest absolute Gasteiger partial charge is 0.0246 e. The van der Waals surface area contributed by atoms with Crippen LogP contribution in [0.25, 0.3) is 0 Å². The van der Waals surface area contributed by atoms with Gasteiger partial charge in [0.05, 0.1) is 0 Å². The van der Waals surface area contributed by atoms with E-state index in [0.717, 1.165) is 18.5 Å². The van der Waals surface area contributed by atoms with Crippen molar-refractivity contribution in [2.75, 3.05) is 13.6 Å². The van der Waals surface area contributed by atoms with Gasteiger partial charge in [0.2, 0.25) is 0 Å². The van der Waals surface area contributed by atoms with Gasteiger partial charge in [0.25, 0.3) is 0 Å². The van der Waals surface area contributed by atoms with E-state index in [-0.39, 0.29) is 0 Å². The third-order valence-electron chi connectivity index (χ3n) is 3.87. The summed E-state index contributed by atoms with van der Waals surface area (Å²) in [5.74, 6) is 0.899. The summed E-state index contributed by atoms with van der Waals surface area (Å²) < 4.78 is 0. The van der Waals surface area contributed by atoms with Crippen molar-refractivity contribution in [2.24, 2.45) is 11.7 Å². The SMILES string of the molecule is CCCCC(CC)N(C)C(CN)C1CC1. The van der Waals surface area contributed by atoms with Crippen LogP contribution < -0.4 is 5.73 Å². The van der Waals surface area contributed by atoms with Gasteiger partial charge in [-0.1, -0.05) is 26.7 Å². The van der Waals surface area contributed by atoms with Crippen molar-refractivity contribution in [3.63, 3.8) is 0 Å². The normalized spacial score (nSPS) is 20.6. The van der Waals surface area contributed by atoms with Crippen LogP contribution in [0.3, 0.4) is 0 Å². The molecule has 0 spiro atoms. The van der Waals surface area contributed by atoms with Gasteiger partial charge in [-0.05, 0) is 38.6 Å². The zero-order valence-corrected chi connectivity index (χ0v) is 10.7. The maximum atomic E-state index is 5.89. The quantitative estimate of drug-likeness (QED) is 0.670. The fourth-order valence-electron chi connectivity index (χ4n) is 2.58. The van der Waals surface area contributed by atoms with Crippen LogP contribution in [0, 0.1) is 5.92 Å². The van der Waals surface area contributed by atoms with Crippen LogP contribution in [-0.2, 0) is 0 Å². The van der Waals surface area contributed by atoms with Gasteiger partial charge in [0.1, 0.15) is 0 Å². The van der Waals surface area contributed by atoms with Crippen molar-refractivity contribution < 1.29 is 0 Å². The van der Waals surface area contributed by atoms with Gasteiger partial charge in [-0.3, -0.25) is 4.90 Å². The zero-order chi connectivity index (χ0) is 11.3. The summed E-state index contributed by atoms with van der Waals surface area (Å²) in [6, 6.07) is 1.39. The van der Waals surface area contributed by atoms with Crippen molar-refractivity contribution in [3.8, 4) is 0 Å². The lowest BCUT2D eigenvalue weighted by Gasteiger charge is -2.34. The molecule has 0 aromatic carbocycles. The summed E-state index contributed by atoms with van der Waals surface area (Å²) in [4.78, 5) is 2.56. The standard InChI is InChI=1S/C13H28N2/c1-4-6-7-12(5-2)15(3)13(10-14)11-8-9-11/h11-13H,4-10,14H2,1-3H3. The molecular weight excluding hydrogens is 184 g/mol. The topological polar surface area (TPSA) is 29.3 Å². The number of rotatable bonds is 8. The van der Waals surface area contributed by atoms with Crippen LogP contribution in [0.1, 0.15) is 52.4 Å². The molecule has 0 saturated heterocycles. The molecule has 1 rings (SSSR count). The highest BCUT2D eigenvalue weighted by Gasteiger charge is 2.34. The predicted octanol–water partition coefficient (Wildman–Crippen LogP) is 2.62. The van der Waals surface area contributed by atoms with E-state index in [4.69, 9.17) is 5.73 Å². The Bertz CT molecular complexity index is 166. The lowest BCUT2D eigenvalue weighted by Crippen LogP contribution is -2.45. The molecule has 0 bridgehead atoms. The number of unbranched alkanes of at least 4 members (excludes halogenated alkanes) is 1. The predicted molar refractivity (Wildman–Crippen MR) is 66.9 cm³/mol. The van der Waals surface area contributed by atoms with Crippen LogP contribution >= 0.6 is 0 Å². The van der Waals surface area contributed by atoms with Crippen LogP contribution in [0.4, 0.5) is 0 Å². The molecule has 0 amide bonds. The number of hydrogen-bond donors (Lipinski definition) is 1. The molecule has 0 aromatic heterocycles. The molecule has 90 valence electrons. The summed E-state index contributed by atoms with van der Waals surface area (Å²) >= 11 is 0. The Labute approximate surface area is 95.2 Å². The van der Waals surface area contributed by atoms with E-state index in [1.165, 1.54) is 38.5 Å². The molecule has 0 aromatic rings. The van der Waals surface area contributed by atoms with Gasteiger partial charge in [-0.25, -0.2) is 0 Å². The minimum absolute atomic E-state index is 0.645. The molecule has 1 aliphatic rings. The Morgan fingerprint density at radius 3 is 2.40 bits per heavy atom. The first kappa shape index (κ1) is 13.0. The van der Waals surface area contributed by atoms with Crippen LogP contribution in [0.2, 0.25) is 0 Å². The number of nitrogens with zero attached hydrogens (tertiary/aromatic N) is 1. The maximum absolute atomic E-state index is 5.89. The van der Waals surface area contributed by atoms with Crippen molar-refractivity contribution in [1.29, 1.82) is 0 Å². The van der Waals surface area contributed by atoms with Gasteiger partial charge in [0.15, 0.2) is 0 Å². The van der Waals surface area contributed by atoms with E-state index in [9.17, 15) is 0 Å². The second-order valence-electron chi connectivity index (χ2n) is 5.01. The first-order valence-corrected chi connectivity index (χ1v) is 6.66. The maximum Gasteiger partial charge on any atom is 0.0246 e. The third-order valence-corrected chi connectivity index (χ3v) is 3.87. The van der Waals surface area contributed by atoms with Crippen molar-refractivity contribution >= 4 is 0 Å². The van der Waals surface area contributed by atoms with Gasteiger partial charge < -0.3 is 5.73 Å². The van der Waals surface area contributed by atoms with Crippen LogP contribution in [0.15, 0.2) is 0 Å². The molecule has 0 radical (unpaired) electrons. The number of nitrogens with two attached hydrogens (primary N) is 1. The second kappa shape index (κ2) is 6.49. The Morgan fingerprint density at radius 1 is 1.33 bits per heavy atom. The molecule has 15 heavy (non-hydrogen) atoms. The first-order chi connectivity index (χ1) is 7.24. The fraction of sp³-hybridized carbons (Fsp3) is 1.00.